The number of alkyl halides is 3. The van der Waals surface area contributed by atoms with Crippen LogP contribution in [-0.4, -0.2) is 36.7 Å². The van der Waals surface area contributed by atoms with Crippen molar-refractivity contribution in [3.05, 3.63) is 29.8 Å². The summed E-state index contributed by atoms with van der Waals surface area (Å²) in [4.78, 5) is 11.8. The number of hydrogen-bond donors (Lipinski definition) is 3. The first-order chi connectivity index (χ1) is 20.5. The predicted octanol–water partition coefficient (Wildman–Crippen LogP) is 6.94. The Morgan fingerprint density at radius 2 is 1.77 bits per heavy atom. The lowest BCUT2D eigenvalue weighted by Crippen LogP contribution is -2.51. The molecule has 0 radical (unpaired) electrons. The van der Waals surface area contributed by atoms with E-state index < -0.39 is 38.7 Å². The Bertz CT molecular complexity index is 1320. The van der Waals surface area contributed by atoms with Crippen molar-refractivity contribution in [2.45, 2.75) is 122 Å². The summed E-state index contributed by atoms with van der Waals surface area (Å²) in [7, 11) is -4.68. The maximum Gasteiger partial charge on any atom is 0.417 e. The molecule has 0 spiro atoms. The fraction of sp³-hybridized carbons (Fsp3) is 0.794. The second-order valence-corrected chi connectivity index (χ2v) is 16.8. The first-order valence-electron chi connectivity index (χ1n) is 16.6. The zero-order valence-corrected chi connectivity index (χ0v) is 27.3. The van der Waals surface area contributed by atoms with E-state index in [1.165, 1.54) is 6.07 Å². The molecule has 1 aromatic rings. The minimum atomic E-state index is -4.87. The Morgan fingerprint density at radius 1 is 1.07 bits per heavy atom. The van der Waals surface area contributed by atoms with E-state index in [0.717, 1.165) is 69.9 Å². The third-order valence-corrected chi connectivity index (χ3v) is 14.2. The average molecular weight is 642 g/mol. The molecule has 11 atom stereocenters. The molecule has 2 bridgehead atoms. The van der Waals surface area contributed by atoms with Crippen LogP contribution < -0.4 is 4.72 Å². The van der Waals surface area contributed by atoms with Crippen LogP contribution in [0, 0.1) is 52.3 Å². The lowest BCUT2D eigenvalue weighted by Gasteiger charge is -2.55. The van der Waals surface area contributed by atoms with E-state index in [4.69, 9.17) is 0 Å². The van der Waals surface area contributed by atoms with Gasteiger partial charge in [-0.2, -0.15) is 13.2 Å². The molecular formula is C34H50F3NO5S. The Balaban J connectivity index is 1.29. The van der Waals surface area contributed by atoms with Gasteiger partial charge in [0.15, 0.2) is 0 Å². The lowest BCUT2D eigenvalue weighted by atomic mass is 9.50. The standard InChI is InChI=1S/C34H50F3NO5S/c1-5-23-21-18-22(39)14-16-32(3,19-21)26-15-17-33(4)24(11-12-27(33)30(26)31(23)41)20(2)10-13-29(40)38-44(42,43)28-9-7-6-8-25(28)34(35,36)37/h6-9,20-24,26-27,30-31,39,41H,5,10-19H2,1-4H3,(H,38,40)/t20-,21+,22-,23-,24-,26?,27?,30?,31-,32+,33-/m1/s1. The number of aliphatic hydroxyl groups excluding tert-OH is 2. The fourth-order valence-electron chi connectivity index (χ4n) is 10.8. The maximum atomic E-state index is 13.4. The molecule has 3 N–H and O–H groups in total. The Morgan fingerprint density at radius 3 is 2.45 bits per heavy atom. The number of carbonyl (C=O) groups is 1. The number of aliphatic hydroxyl groups is 2. The number of halogens is 3. The van der Waals surface area contributed by atoms with Crippen LogP contribution in [0.3, 0.4) is 0 Å². The number of amides is 1. The first kappa shape index (κ1) is 33.7. The van der Waals surface area contributed by atoms with Gasteiger partial charge in [-0.15, -0.1) is 0 Å². The predicted molar refractivity (Wildman–Crippen MR) is 162 cm³/mol. The van der Waals surface area contributed by atoms with Gasteiger partial charge in [0, 0.05) is 6.42 Å². The monoisotopic (exact) mass is 641 g/mol. The molecule has 248 valence electrons. The van der Waals surface area contributed by atoms with Gasteiger partial charge in [0.05, 0.1) is 22.7 Å². The highest BCUT2D eigenvalue weighted by molar-refractivity contribution is 7.90. The third-order valence-electron chi connectivity index (χ3n) is 12.8. The summed E-state index contributed by atoms with van der Waals surface area (Å²) in [6, 6.07) is 3.87. The molecule has 0 aromatic heterocycles. The van der Waals surface area contributed by atoms with Crippen molar-refractivity contribution in [1.82, 2.24) is 4.72 Å². The molecule has 1 aromatic carbocycles. The molecule has 0 aliphatic heterocycles. The Labute approximate surface area is 260 Å². The smallest absolute Gasteiger partial charge is 0.393 e. The van der Waals surface area contributed by atoms with Gasteiger partial charge in [-0.3, -0.25) is 4.79 Å². The summed E-state index contributed by atoms with van der Waals surface area (Å²) in [5, 5.41) is 22.7. The molecule has 3 unspecified atom stereocenters. The van der Waals surface area contributed by atoms with Crippen LogP contribution in [-0.2, 0) is 21.0 Å². The quantitative estimate of drug-likeness (QED) is 0.299. The van der Waals surface area contributed by atoms with Gasteiger partial charge >= 0.3 is 6.18 Å². The van der Waals surface area contributed by atoms with E-state index in [9.17, 15) is 36.6 Å². The topological polar surface area (TPSA) is 104 Å². The Hall–Kier alpha value is -1.65. The molecule has 6 nitrogen and oxygen atoms in total. The van der Waals surface area contributed by atoms with Crippen molar-refractivity contribution in [3.63, 3.8) is 0 Å². The minimum Gasteiger partial charge on any atom is -0.393 e. The number of hydrogen-bond acceptors (Lipinski definition) is 5. The fourth-order valence-corrected chi connectivity index (χ4v) is 12.0. The van der Waals surface area contributed by atoms with Gasteiger partial charge in [0.2, 0.25) is 5.91 Å². The number of carbonyl (C=O) groups excluding carboxylic acids is 1. The second-order valence-electron chi connectivity index (χ2n) is 15.2. The molecule has 0 saturated heterocycles. The molecule has 4 aliphatic rings. The van der Waals surface area contributed by atoms with E-state index in [1.807, 2.05) is 4.72 Å². The summed E-state index contributed by atoms with van der Waals surface area (Å²) in [5.41, 5.74) is -1.22. The summed E-state index contributed by atoms with van der Waals surface area (Å²) < 4.78 is 67.7. The van der Waals surface area contributed by atoms with Crippen molar-refractivity contribution in [3.8, 4) is 0 Å². The van der Waals surface area contributed by atoms with Gasteiger partial charge in [-0.1, -0.05) is 46.2 Å². The van der Waals surface area contributed by atoms with Gasteiger partial charge in [-0.05, 0) is 122 Å². The molecule has 4 fully saturated rings. The summed E-state index contributed by atoms with van der Waals surface area (Å²) >= 11 is 0. The SMILES string of the molecule is CC[C@@H]1[C@H]2C[C@H](O)CC[C@@](C)(C2)C2CC[C@@]3(C)C(CC[C@@H]3[C@H](C)CCC(=O)NS(=O)(=O)c3ccccc3C(F)(F)F)C2[C@@H]1O. The van der Waals surface area contributed by atoms with Crippen molar-refractivity contribution in [2.75, 3.05) is 0 Å². The van der Waals surface area contributed by atoms with Crippen LogP contribution >= 0.6 is 0 Å². The lowest BCUT2D eigenvalue weighted by molar-refractivity contribution is -0.140. The van der Waals surface area contributed by atoms with Gasteiger partial charge in [0.1, 0.15) is 0 Å². The molecule has 0 heterocycles. The molecular weight excluding hydrogens is 591 g/mol. The van der Waals surface area contributed by atoms with Crippen LogP contribution in [0.1, 0.15) is 104 Å². The molecule has 10 heteroatoms. The van der Waals surface area contributed by atoms with Crippen molar-refractivity contribution < 1.29 is 36.6 Å². The average Bonchev–Trinajstić information content (AvgIpc) is 3.18. The van der Waals surface area contributed by atoms with Crippen LogP contribution in [0.5, 0.6) is 0 Å². The van der Waals surface area contributed by atoms with Gasteiger partial charge in [-0.25, -0.2) is 13.1 Å². The van der Waals surface area contributed by atoms with E-state index in [0.29, 0.717) is 36.2 Å². The second kappa shape index (κ2) is 12.2. The highest BCUT2D eigenvalue weighted by atomic mass is 32.2. The molecule has 44 heavy (non-hydrogen) atoms. The molecule has 4 saturated carbocycles. The number of sulfonamides is 1. The zero-order chi connectivity index (χ0) is 32.2. The number of nitrogens with one attached hydrogen (secondary N) is 1. The van der Waals surface area contributed by atoms with Crippen LogP contribution in [0.15, 0.2) is 29.2 Å². The molecule has 1 amide bonds. The number of benzene rings is 1. The summed E-state index contributed by atoms with van der Waals surface area (Å²) in [6.07, 6.45) is 3.37. The van der Waals surface area contributed by atoms with E-state index in [1.54, 1.807) is 0 Å². The number of fused-ring (bicyclic) bond motifs is 6. The largest absolute Gasteiger partial charge is 0.417 e. The van der Waals surface area contributed by atoms with E-state index in [-0.39, 0.29) is 41.1 Å². The summed E-state index contributed by atoms with van der Waals surface area (Å²) in [5.74, 6) is 1.06. The maximum absolute atomic E-state index is 13.4. The molecule has 5 rings (SSSR count). The first-order valence-corrected chi connectivity index (χ1v) is 18.1. The van der Waals surface area contributed by atoms with Crippen LogP contribution in [0.25, 0.3) is 0 Å². The normalized spacial score (nSPS) is 39.8. The van der Waals surface area contributed by atoms with Crippen molar-refractivity contribution in [2.24, 2.45) is 52.3 Å². The highest BCUT2D eigenvalue weighted by Gasteiger charge is 2.61. The van der Waals surface area contributed by atoms with Crippen molar-refractivity contribution in [1.29, 1.82) is 0 Å². The van der Waals surface area contributed by atoms with Crippen molar-refractivity contribution >= 4 is 15.9 Å². The van der Waals surface area contributed by atoms with Gasteiger partial charge in [0.25, 0.3) is 10.0 Å². The third kappa shape index (κ3) is 6.08. The Kier molecular flexibility index (Phi) is 9.33. The van der Waals surface area contributed by atoms with Crippen LogP contribution in [0.4, 0.5) is 13.2 Å². The van der Waals surface area contributed by atoms with E-state index in [2.05, 4.69) is 27.7 Å². The highest BCUT2D eigenvalue weighted by Crippen LogP contribution is 2.67. The zero-order valence-electron chi connectivity index (χ0n) is 26.4. The molecule has 4 aliphatic carbocycles. The summed E-state index contributed by atoms with van der Waals surface area (Å²) in [6.45, 7) is 9.02. The van der Waals surface area contributed by atoms with E-state index >= 15 is 0 Å². The van der Waals surface area contributed by atoms with Gasteiger partial charge < -0.3 is 10.2 Å². The van der Waals surface area contributed by atoms with Crippen LogP contribution in [0.2, 0.25) is 0 Å². The number of rotatable bonds is 7. The minimum absolute atomic E-state index is 0.0154.